The van der Waals surface area contributed by atoms with Gasteiger partial charge in [-0.1, -0.05) is 63.6 Å². The number of piperidine rings is 1. The number of benzene rings is 1. The molecular formula is C49H72N2O11. The zero-order valence-corrected chi connectivity index (χ0v) is 38.2. The van der Waals surface area contributed by atoms with Crippen molar-refractivity contribution < 1.29 is 52.8 Å². The molecule has 2 N–H and O–H groups in total. The highest BCUT2D eigenvalue weighted by atomic mass is 16.7. The number of nitrogens with one attached hydrogen (secondary N) is 1. The van der Waals surface area contributed by atoms with Gasteiger partial charge in [0.2, 0.25) is 12.2 Å². The molecule has 0 spiro atoms. The molecule has 0 aromatic heterocycles. The van der Waals surface area contributed by atoms with Gasteiger partial charge < -0.3 is 39.0 Å². The maximum Gasteiger partial charge on any atom is 0.329 e. The lowest BCUT2D eigenvalue weighted by atomic mass is 9.81. The Hall–Kier alpha value is -3.91. The average molecular weight is 865 g/mol. The third kappa shape index (κ3) is 12.0. The minimum absolute atomic E-state index is 0.0360. The summed E-state index contributed by atoms with van der Waals surface area (Å²) in [5, 5.41) is 15.0. The third-order valence-electron chi connectivity index (χ3n) is 13.8. The van der Waals surface area contributed by atoms with Gasteiger partial charge in [0.15, 0.2) is 0 Å². The smallest absolute Gasteiger partial charge is 0.329 e. The SMILES string of the molecule is CCC1C=C(C)CC(C)CC(OC)C2OC(O)(C(=O)C(=O)N3CCCCC3C(=O)OC(C(C)=CC3CCC(NC=O)C(Oc4ccccc4)C3)C(C)CCC1=O)C(C)CC2OC. The molecule has 13 nitrogen and oxygen atoms in total. The van der Waals surface area contributed by atoms with Crippen LogP contribution in [0.1, 0.15) is 119 Å². The standard InChI is InChI=1S/C49H72N2O11/c1-9-36-24-30(2)23-31(3)25-42(58-7)45-43(59-8)27-34(6)49(57,62-45)46(54)47(55)51-22-14-13-17-39(51)48(56)61-44(32(4)18-21-40(36)53)33(5)26-35-19-20-38(50-29-52)41(28-35)60-37-15-11-10-12-16-37/h10-12,15-16,24,26,29,31-32,34-36,38-39,41-45,57H,9,13-14,17-23,25,27-28H2,1-8H3,(H,50,52). The number of rotatable bonds is 9. The van der Waals surface area contributed by atoms with Crippen LogP contribution in [-0.4, -0.2) is 109 Å². The van der Waals surface area contributed by atoms with E-state index in [2.05, 4.69) is 24.4 Å². The molecule has 1 saturated carbocycles. The molecule has 3 heterocycles. The lowest BCUT2D eigenvalue weighted by Crippen LogP contribution is -2.64. The van der Waals surface area contributed by atoms with Crippen molar-refractivity contribution in [3.63, 3.8) is 0 Å². The maximum absolute atomic E-state index is 14.5. The van der Waals surface area contributed by atoms with E-state index in [1.54, 1.807) is 21.1 Å². The fourth-order valence-electron chi connectivity index (χ4n) is 10.2. The molecule has 1 aromatic carbocycles. The molecule has 13 unspecified atom stereocenters. The summed E-state index contributed by atoms with van der Waals surface area (Å²) in [4.78, 5) is 69.8. The average Bonchev–Trinajstić information content (AvgIpc) is 3.26. The number of hydrogen-bond acceptors (Lipinski definition) is 11. The fourth-order valence-corrected chi connectivity index (χ4v) is 10.2. The van der Waals surface area contributed by atoms with Gasteiger partial charge in [0.1, 0.15) is 35.9 Å². The van der Waals surface area contributed by atoms with Crippen LogP contribution in [0.5, 0.6) is 5.75 Å². The molecule has 1 aliphatic carbocycles. The number of nitrogens with zero attached hydrogens (tertiary/aromatic N) is 1. The first-order valence-corrected chi connectivity index (χ1v) is 22.9. The summed E-state index contributed by atoms with van der Waals surface area (Å²) in [6.45, 7) is 11.8. The molecule has 2 amide bonds. The number of Topliss-reactive ketones (excluding diaryl/α,β-unsaturated/α-hetero) is 2. The van der Waals surface area contributed by atoms with Gasteiger partial charge in [-0.3, -0.25) is 19.2 Å². The van der Waals surface area contributed by atoms with E-state index in [0.29, 0.717) is 63.5 Å². The van der Waals surface area contributed by atoms with Gasteiger partial charge in [0.05, 0.1) is 18.2 Å². The van der Waals surface area contributed by atoms with Crippen LogP contribution in [-0.2, 0) is 42.9 Å². The van der Waals surface area contributed by atoms with Crippen LogP contribution in [0.15, 0.2) is 53.6 Å². The van der Waals surface area contributed by atoms with Crippen molar-refractivity contribution in [3.05, 3.63) is 53.6 Å². The molecule has 1 aromatic rings. The Bertz CT molecular complexity index is 1750. The molecule has 4 aliphatic rings. The van der Waals surface area contributed by atoms with E-state index in [1.807, 2.05) is 58.0 Å². The van der Waals surface area contributed by atoms with Gasteiger partial charge in [-0.25, -0.2) is 4.79 Å². The van der Waals surface area contributed by atoms with Crippen LogP contribution in [0.2, 0.25) is 0 Å². The molecule has 13 atom stereocenters. The number of ketones is 2. The largest absolute Gasteiger partial charge is 0.488 e. The van der Waals surface area contributed by atoms with Crippen LogP contribution in [0.4, 0.5) is 0 Å². The van der Waals surface area contributed by atoms with Gasteiger partial charge in [0, 0.05) is 39.0 Å². The van der Waals surface area contributed by atoms with Gasteiger partial charge in [-0.15, -0.1) is 0 Å². The van der Waals surface area contributed by atoms with Gasteiger partial charge >= 0.3 is 5.97 Å². The highest BCUT2D eigenvalue weighted by Gasteiger charge is 2.56. The van der Waals surface area contributed by atoms with Crippen LogP contribution < -0.4 is 10.1 Å². The minimum Gasteiger partial charge on any atom is -0.488 e. The molecule has 2 saturated heterocycles. The quantitative estimate of drug-likeness (QED) is 0.118. The monoisotopic (exact) mass is 865 g/mol. The number of hydrogen-bond donors (Lipinski definition) is 2. The van der Waals surface area contributed by atoms with Gasteiger partial charge in [0.25, 0.3) is 11.7 Å². The molecule has 13 heteroatoms. The molecule has 3 aliphatic heterocycles. The Balaban J connectivity index is 1.49. The number of carbonyl (C=O) groups excluding carboxylic acids is 5. The zero-order chi connectivity index (χ0) is 45.1. The Morgan fingerprint density at radius 1 is 0.952 bits per heavy atom. The van der Waals surface area contributed by atoms with E-state index >= 15 is 0 Å². The Morgan fingerprint density at radius 2 is 1.66 bits per heavy atom. The second kappa shape index (κ2) is 22.6. The molecule has 3 fully saturated rings. The van der Waals surface area contributed by atoms with E-state index in [-0.39, 0.29) is 67.4 Å². The summed E-state index contributed by atoms with van der Waals surface area (Å²) in [5.41, 5.74) is 1.88. The Morgan fingerprint density at radius 3 is 2.34 bits per heavy atom. The summed E-state index contributed by atoms with van der Waals surface area (Å²) in [7, 11) is 3.10. The number of aliphatic hydroxyl groups is 1. The fraction of sp³-hybridized carbons (Fsp3) is 0.694. The van der Waals surface area contributed by atoms with Crippen LogP contribution in [0, 0.1) is 29.6 Å². The second-order valence-electron chi connectivity index (χ2n) is 18.6. The Kier molecular flexibility index (Phi) is 17.9. The minimum atomic E-state index is -2.48. The summed E-state index contributed by atoms with van der Waals surface area (Å²) < 4.78 is 30.9. The lowest BCUT2D eigenvalue weighted by Gasteiger charge is -2.47. The predicted octanol–water partition coefficient (Wildman–Crippen LogP) is 6.69. The van der Waals surface area contributed by atoms with E-state index < -0.39 is 59.8 Å². The normalized spacial score (nSPS) is 36.4. The van der Waals surface area contributed by atoms with Crippen LogP contribution in [0.3, 0.4) is 0 Å². The summed E-state index contributed by atoms with van der Waals surface area (Å²) in [6.07, 6.45) is 8.26. The number of cyclic esters (lactones) is 1. The summed E-state index contributed by atoms with van der Waals surface area (Å²) in [6, 6.07) is 8.25. The van der Waals surface area contributed by atoms with E-state index in [0.717, 1.165) is 17.6 Å². The number of amides is 2. The number of fused-ring (bicyclic) bond motifs is 3. The van der Waals surface area contributed by atoms with Crippen molar-refractivity contribution in [2.24, 2.45) is 29.6 Å². The topological polar surface area (TPSA) is 167 Å². The number of ether oxygens (including phenoxy) is 5. The predicted molar refractivity (Wildman–Crippen MR) is 234 cm³/mol. The van der Waals surface area contributed by atoms with Crippen molar-refractivity contribution in [2.45, 2.75) is 167 Å². The zero-order valence-electron chi connectivity index (χ0n) is 38.2. The van der Waals surface area contributed by atoms with Gasteiger partial charge in [-0.2, -0.15) is 0 Å². The first-order valence-electron chi connectivity index (χ1n) is 22.9. The molecule has 62 heavy (non-hydrogen) atoms. The highest BCUT2D eigenvalue weighted by Crippen LogP contribution is 2.39. The second-order valence-corrected chi connectivity index (χ2v) is 18.6. The van der Waals surface area contributed by atoms with E-state index in [1.165, 1.54) is 4.90 Å². The molecular weight excluding hydrogens is 793 g/mol. The van der Waals surface area contributed by atoms with Crippen LogP contribution in [0.25, 0.3) is 0 Å². The maximum atomic E-state index is 14.5. The van der Waals surface area contributed by atoms with Crippen molar-refractivity contribution in [3.8, 4) is 5.75 Å². The van der Waals surface area contributed by atoms with E-state index in [9.17, 15) is 29.1 Å². The van der Waals surface area contributed by atoms with Crippen LogP contribution >= 0.6 is 0 Å². The van der Waals surface area contributed by atoms with E-state index in [4.69, 9.17) is 23.7 Å². The first-order chi connectivity index (χ1) is 29.6. The van der Waals surface area contributed by atoms with Crippen molar-refractivity contribution in [1.29, 1.82) is 0 Å². The number of methoxy groups -OCH3 is 2. The molecule has 0 radical (unpaired) electrons. The van der Waals surface area contributed by atoms with Crippen molar-refractivity contribution >= 4 is 29.9 Å². The van der Waals surface area contributed by atoms with Crippen molar-refractivity contribution in [1.82, 2.24) is 10.2 Å². The summed E-state index contributed by atoms with van der Waals surface area (Å²) in [5.74, 6) is -5.67. The molecule has 5 rings (SSSR count). The number of allylic oxidation sites excluding steroid dienone is 3. The Labute approximate surface area is 368 Å². The highest BCUT2D eigenvalue weighted by molar-refractivity contribution is 6.39. The summed E-state index contributed by atoms with van der Waals surface area (Å²) >= 11 is 0. The number of para-hydroxylation sites is 1. The molecule has 2 bridgehead atoms. The van der Waals surface area contributed by atoms with Crippen molar-refractivity contribution in [2.75, 3.05) is 20.8 Å². The third-order valence-corrected chi connectivity index (χ3v) is 13.8. The number of esters is 1. The lowest BCUT2D eigenvalue weighted by molar-refractivity contribution is -0.302. The first kappa shape index (κ1) is 49.1. The number of carbonyl (C=O) groups is 5. The van der Waals surface area contributed by atoms with Gasteiger partial charge in [-0.05, 0) is 120 Å². The molecule has 344 valence electrons.